The molecule has 0 aliphatic heterocycles. The second-order valence-corrected chi connectivity index (χ2v) is 9.53. The van der Waals surface area contributed by atoms with E-state index in [1.165, 1.54) is 19.2 Å². The van der Waals surface area contributed by atoms with E-state index >= 15 is 0 Å². The van der Waals surface area contributed by atoms with Crippen molar-refractivity contribution in [3.63, 3.8) is 0 Å². The summed E-state index contributed by atoms with van der Waals surface area (Å²) in [4.78, 5) is 0.0550. The molecule has 7 heteroatoms. The molecule has 0 spiro atoms. The van der Waals surface area contributed by atoms with Gasteiger partial charge in [0.2, 0.25) is 0 Å². The van der Waals surface area contributed by atoms with E-state index in [0.29, 0.717) is 17.5 Å². The molecular formula is C24H32O6S. The van der Waals surface area contributed by atoms with Crippen molar-refractivity contribution < 1.29 is 27.6 Å². The van der Waals surface area contributed by atoms with Crippen LogP contribution < -0.4 is 8.92 Å². The van der Waals surface area contributed by atoms with Crippen molar-refractivity contribution in [3.8, 4) is 17.2 Å². The predicted molar refractivity (Wildman–Crippen MR) is 121 cm³/mol. The van der Waals surface area contributed by atoms with Crippen LogP contribution in [-0.4, -0.2) is 32.3 Å². The van der Waals surface area contributed by atoms with E-state index in [2.05, 4.69) is 0 Å². The zero-order chi connectivity index (χ0) is 23.3. The first-order valence-corrected chi connectivity index (χ1v) is 11.6. The highest BCUT2D eigenvalue weighted by atomic mass is 32.2. The monoisotopic (exact) mass is 448 g/mol. The van der Waals surface area contributed by atoms with Gasteiger partial charge >= 0.3 is 10.1 Å². The van der Waals surface area contributed by atoms with Crippen LogP contribution in [0.15, 0.2) is 46.4 Å². The average molecular weight is 449 g/mol. The first-order valence-electron chi connectivity index (χ1n) is 10.2. The first kappa shape index (κ1) is 24.8. The van der Waals surface area contributed by atoms with Crippen LogP contribution in [0.5, 0.6) is 17.2 Å². The molecule has 170 valence electrons. The van der Waals surface area contributed by atoms with E-state index in [1.54, 1.807) is 25.1 Å². The van der Waals surface area contributed by atoms with Gasteiger partial charge < -0.3 is 19.1 Å². The van der Waals surface area contributed by atoms with Crippen molar-refractivity contribution in [1.82, 2.24) is 0 Å². The van der Waals surface area contributed by atoms with Crippen molar-refractivity contribution in [2.24, 2.45) is 0 Å². The molecule has 0 heterocycles. The third kappa shape index (κ3) is 5.80. The normalized spacial score (nSPS) is 13.5. The number of aromatic hydroxyl groups is 1. The van der Waals surface area contributed by atoms with Gasteiger partial charge in [-0.25, -0.2) is 0 Å². The second kappa shape index (κ2) is 10.2. The number of phenolic OH excluding ortho intramolecular Hbond substituents is 1. The van der Waals surface area contributed by atoms with Crippen LogP contribution in [0.25, 0.3) is 0 Å². The molecule has 2 aromatic rings. The number of rotatable bonds is 9. The number of aliphatic hydroxyl groups is 1. The van der Waals surface area contributed by atoms with E-state index in [-0.39, 0.29) is 34.7 Å². The number of benzene rings is 2. The molecule has 2 rings (SSSR count). The number of aliphatic hydroxyl groups excluding tert-OH is 1. The Morgan fingerprint density at radius 1 is 1.10 bits per heavy atom. The van der Waals surface area contributed by atoms with Crippen LogP contribution in [0.4, 0.5) is 0 Å². The molecule has 1 atom stereocenters. The molecule has 0 amide bonds. The van der Waals surface area contributed by atoms with E-state index in [1.807, 2.05) is 27.7 Å². The van der Waals surface area contributed by atoms with Gasteiger partial charge in [-0.15, -0.1) is 0 Å². The second-order valence-electron chi connectivity index (χ2n) is 7.98. The molecule has 0 bridgehead atoms. The molecule has 0 fully saturated rings. The maximum Gasteiger partial charge on any atom is 0.339 e. The Labute approximate surface area is 185 Å². The van der Waals surface area contributed by atoms with Gasteiger partial charge in [0.05, 0.1) is 13.7 Å². The fourth-order valence-electron chi connectivity index (χ4n) is 3.26. The highest BCUT2D eigenvalue weighted by Gasteiger charge is 2.24. The fraction of sp³-hybridized carbons (Fsp3) is 0.417. The van der Waals surface area contributed by atoms with Crippen LogP contribution in [0.2, 0.25) is 0 Å². The quantitative estimate of drug-likeness (QED) is 0.414. The zero-order valence-corrected chi connectivity index (χ0v) is 19.8. The van der Waals surface area contributed by atoms with Gasteiger partial charge in [-0.1, -0.05) is 30.2 Å². The van der Waals surface area contributed by atoms with Gasteiger partial charge in [-0.3, -0.25) is 0 Å². The highest BCUT2D eigenvalue weighted by Crippen LogP contribution is 2.44. The molecule has 31 heavy (non-hydrogen) atoms. The number of methoxy groups -OCH3 is 1. The molecule has 1 unspecified atom stereocenters. The molecule has 0 saturated heterocycles. The summed E-state index contributed by atoms with van der Waals surface area (Å²) in [6.45, 7) is 9.33. The molecule has 0 aliphatic rings. The lowest BCUT2D eigenvalue weighted by molar-refractivity contribution is 0.329. The molecular weight excluding hydrogens is 416 g/mol. The van der Waals surface area contributed by atoms with Crippen molar-refractivity contribution in [1.29, 1.82) is 0 Å². The highest BCUT2D eigenvalue weighted by molar-refractivity contribution is 7.87. The first-order chi connectivity index (χ1) is 14.5. The van der Waals surface area contributed by atoms with Crippen molar-refractivity contribution >= 4 is 10.1 Å². The SMILES string of the molecule is COc1c(C)c(OS(=O)(=O)c2ccc(C)cc2)cc(C(C)CC/C(C)=C(/C)CO)c1O. The molecule has 0 aliphatic carbocycles. The number of ether oxygens (including phenoxy) is 1. The molecule has 0 radical (unpaired) electrons. The Hall–Kier alpha value is -2.51. The number of aryl methyl sites for hydroxylation is 1. The number of allylic oxidation sites excluding steroid dienone is 1. The third-order valence-electron chi connectivity index (χ3n) is 5.65. The van der Waals surface area contributed by atoms with Gasteiger partial charge in [0.25, 0.3) is 0 Å². The van der Waals surface area contributed by atoms with Crippen molar-refractivity contribution in [2.75, 3.05) is 13.7 Å². The number of hydrogen-bond acceptors (Lipinski definition) is 6. The standard InChI is InChI=1S/C24H32O6S/c1-15-7-11-20(12-8-15)31(27,28)30-22-13-21(23(26)24(29-6)19(22)5)17(3)10-9-16(2)18(4)14-25/h7-8,11-13,17,25-26H,9-10,14H2,1-6H3/b18-16-. The largest absolute Gasteiger partial charge is 0.504 e. The van der Waals surface area contributed by atoms with E-state index in [4.69, 9.17) is 8.92 Å². The summed E-state index contributed by atoms with van der Waals surface area (Å²) in [5.41, 5.74) is 3.90. The van der Waals surface area contributed by atoms with Crippen LogP contribution in [0.3, 0.4) is 0 Å². The Bertz CT molecular complexity index is 1050. The fourth-order valence-corrected chi connectivity index (χ4v) is 4.23. The zero-order valence-electron chi connectivity index (χ0n) is 19.0. The van der Waals surface area contributed by atoms with Crippen molar-refractivity contribution in [3.05, 3.63) is 58.2 Å². The Kier molecular flexibility index (Phi) is 8.14. The summed E-state index contributed by atoms with van der Waals surface area (Å²) in [6.07, 6.45) is 1.44. The lowest BCUT2D eigenvalue weighted by Crippen LogP contribution is -2.11. The Balaban J connectivity index is 2.42. The van der Waals surface area contributed by atoms with Gasteiger partial charge in [0.15, 0.2) is 11.5 Å². The van der Waals surface area contributed by atoms with Gasteiger partial charge in [0.1, 0.15) is 10.6 Å². The lowest BCUT2D eigenvalue weighted by atomic mass is 9.91. The molecule has 2 aromatic carbocycles. The topological polar surface area (TPSA) is 93.1 Å². The van der Waals surface area contributed by atoms with Crippen LogP contribution in [-0.2, 0) is 10.1 Å². The van der Waals surface area contributed by atoms with Crippen LogP contribution in [0.1, 0.15) is 56.2 Å². The Morgan fingerprint density at radius 3 is 2.26 bits per heavy atom. The average Bonchev–Trinajstić information content (AvgIpc) is 2.73. The van der Waals surface area contributed by atoms with Gasteiger partial charge in [0, 0.05) is 11.1 Å². The summed E-state index contributed by atoms with van der Waals surface area (Å²) < 4.78 is 36.4. The summed E-state index contributed by atoms with van der Waals surface area (Å²) in [6, 6.07) is 7.98. The van der Waals surface area contributed by atoms with Crippen molar-refractivity contribution in [2.45, 2.75) is 58.3 Å². The summed E-state index contributed by atoms with van der Waals surface area (Å²) in [5.74, 6) is 0.196. The van der Waals surface area contributed by atoms with Crippen LogP contribution >= 0.6 is 0 Å². The summed E-state index contributed by atoms with van der Waals surface area (Å²) in [5, 5.41) is 20.0. The number of phenols is 1. The summed E-state index contributed by atoms with van der Waals surface area (Å²) in [7, 11) is -2.62. The number of hydrogen-bond donors (Lipinski definition) is 2. The van der Waals surface area contributed by atoms with Gasteiger partial charge in [-0.2, -0.15) is 8.42 Å². The maximum atomic E-state index is 12.8. The van der Waals surface area contributed by atoms with E-state index < -0.39 is 10.1 Å². The molecule has 0 aromatic heterocycles. The summed E-state index contributed by atoms with van der Waals surface area (Å²) >= 11 is 0. The minimum atomic E-state index is -4.05. The lowest BCUT2D eigenvalue weighted by Gasteiger charge is -2.20. The smallest absolute Gasteiger partial charge is 0.339 e. The third-order valence-corrected chi connectivity index (χ3v) is 6.90. The Morgan fingerprint density at radius 2 is 1.71 bits per heavy atom. The van der Waals surface area contributed by atoms with E-state index in [9.17, 15) is 18.6 Å². The molecule has 2 N–H and O–H groups in total. The van der Waals surface area contributed by atoms with Crippen LogP contribution in [0, 0.1) is 13.8 Å². The van der Waals surface area contributed by atoms with Gasteiger partial charge in [-0.05, 0) is 70.2 Å². The predicted octanol–water partition coefficient (Wildman–Crippen LogP) is 5.00. The minimum Gasteiger partial charge on any atom is -0.504 e. The van der Waals surface area contributed by atoms with E-state index in [0.717, 1.165) is 23.1 Å². The minimum absolute atomic E-state index is 0.0126. The maximum absolute atomic E-state index is 12.8. The molecule has 0 saturated carbocycles. The molecule has 6 nitrogen and oxygen atoms in total.